The molecule has 3 heteroatoms. The largest absolute Gasteiger partial charge is 0.388 e. The lowest BCUT2D eigenvalue weighted by atomic mass is 9.75. The molecule has 1 aromatic heterocycles. The van der Waals surface area contributed by atoms with Gasteiger partial charge in [-0.2, -0.15) is 0 Å². The fourth-order valence-electron chi connectivity index (χ4n) is 3.21. The lowest BCUT2D eigenvalue weighted by Crippen LogP contribution is -2.26. The van der Waals surface area contributed by atoms with E-state index in [4.69, 9.17) is 0 Å². The highest BCUT2D eigenvalue weighted by Crippen LogP contribution is 2.42. The van der Waals surface area contributed by atoms with Crippen molar-refractivity contribution in [1.29, 1.82) is 0 Å². The Balaban J connectivity index is 2.16. The molecule has 0 fully saturated rings. The summed E-state index contributed by atoms with van der Waals surface area (Å²) in [6.07, 6.45) is 3.58. The van der Waals surface area contributed by atoms with E-state index in [0.29, 0.717) is 0 Å². The second-order valence-corrected chi connectivity index (χ2v) is 7.39. The molecule has 106 valence electrons. The summed E-state index contributed by atoms with van der Waals surface area (Å²) in [4.78, 5) is 0. The zero-order valence-electron chi connectivity index (χ0n) is 12.2. The molecular formula is C17H20BrNO. The number of fused-ring (bicyclic) bond motifs is 1. The molecule has 2 aromatic rings. The third-order valence-corrected chi connectivity index (χ3v) is 5.14. The van der Waals surface area contributed by atoms with E-state index in [0.717, 1.165) is 22.9 Å². The van der Waals surface area contributed by atoms with Gasteiger partial charge in [0, 0.05) is 27.6 Å². The normalized spacial score (nSPS) is 20.8. The van der Waals surface area contributed by atoms with Gasteiger partial charge >= 0.3 is 0 Å². The molecule has 1 aliphatic rings. The number of aromatic nitrogens is 1. The van der Waals surface area contributed by atoms with Crippen LogP contribution in [-0.2, 0) is 6.42 Å². The second-order valence-electron chi connectivity index (χ2n) is 6.53. The minimum Gasteiger partial charge on any atom is -0.388 e. The van der Waals surface area contributed by atoms with Crippen LogP contribution in [0.3, 0.4) is 0 Å². The standard InChI is InChI=1S/C17H20BrNO/c1-11-13(18)5-4-6-14(11)19-8-7-12-15(19)9-17(2,3)10-16(12)20/h4-8,16,20H,9-10H2,1-3H3. The molecule has 1 atom stereocenters. The lowest BCUT2D eigenvalue weighted by molar-refractivity contribution is 0.0987. The monoisotopic (exact) mass is 333 g/mol. The fourth-order valence-corrected chi connectivity index (χ4v) is 3.57. The number of rotatable bonds is 1. The van der Waals surface area contributed by atoms with Gasteiger partial charge in [0.05, 0.1) is 6.10 Å². The topological polar surface area (TPSA) is 25.2 Å². The summed E-state index contributed by atoms with van der Waals surface area (Å²) in [5, 5.41) is 10.4. The number of nitrogens with zero attached hydrogens (tertiary/aromatic N) is 1. The van der Waals surface area contributed by atoms with E-state index >= 15 is 0 Å². The highest BCUT2D eigenvalue weighted by Gasteiger charge is 2.33. The molecular weight excluding hydrogens is 314 g/mol. The highest BCUT2D eigenvalue weighted by molar-refractivity contribution is 9.10. The number of benzene rings is 1. The number of halogens is 1. The van der Waals surface area contributed by atoms with Gasteiger partial charge in [0.1, 0.15) is 0 Å². The maximum absolute atomic E-state index is 10.4. The van der Waals surface area contributed by atoms with Crippen LogP contribution in [0.5, 0.6) is 0 Å². The molecule has 0 spiro atoms. The summed E-state index contributed by atoms with van der Waals surface area (Å²) in [5.74, 6) is 0. The summed E-state index contributed by atoms with van der Waals surface area (Å²) < 4.78 is 3.35. The Bertz CT molecular complexity index is 657. The molecule has 0 amide bonds. The molecule has 0 bridgehead atoms. The molecule has 2 nitrogen and oxygen atoms in total. The third kappa shape index (κ3) is 2.23. The predicted octanol–water partition coefficient (Wildman–Crippen LogP) is 4.55. The van der Waals surface area contributed by atoms with E-state index in [-0.39, 0.29) is 11.5 Å². The van der Waals surface area contributed by atoms with Crippen molar-refractivity contribution in [3.63, 3.8) is 0 Å². The first-order valence-corrected chi connectivity index (χ1v) is 7.82. The summed E-state index contributed by atoms with van der Waals surface area (Å²) in [6, 6.07) is 8.32. The average molecular weight is 334 g/mol. The van der Waals surface area contributed by atoms with Crippen molar-refractivity contribution >= 4 is 15.9 Å². The van der Waals surface area contributed by atoms with Crippen molar-refractivity contribution in [3.05, 3.63) is 51.8 Å². The van der Waals surface area contributed by atoms with Crippen LogP contribution in [0, 0.1) is 12.3 Å². The molecule has 0 saturated heterocycles. The summed E-state index contributed by atoms with van der Waals surface area (Å²) in [6.45, 7) is 6.57. The number of hydrogen-bond donors (Lipinski definition) is 1. The van der Waals surface area contributed by atoms with Gasteiger partial charge in [-0.15, -0.1) is 0 Å². The van der Waals surface area contributed by atoms with Gasteiger partial charge in [-0.05, 0) is 48.9 Å². The maximum atomic E-state index is 10.4. The van der Waals surface area contributed by atoms with Gasteiger partial charge in [-0.1, -0.05) is 35.8 Å². The van der Waals surface area contributed by atoms with Crippen molar-refractivity contribution in [2.24, 2.45) is 5.41 Å². The number of aliphatic hydroxyl groups is 1. The molecule has 1 heterocycles. The molecule has 1 aliphatic carbocycles. The van der Waals surface area contributed by atoms with E-state index in [1.807, 2.05) is 0 Å². The fraction of sp³-hybridized carbons (Fsp3) is 0.412. The SMILES string of the molecule is Cc1c(Br)cccc1-n1ccc2c1CC(C)(C)CC2O. The molecule has 3 rings (SSSR count). The van der Waals surface area contributed by atoms with Crippen molar-refractivity contribution in [2.75, 3.05) is 0 Å². The van der Waals surface area contributed by atoms with E-state index in [1.165, 1.54) is 16.9 Å². The Kier molecular flexibility index (Phi) is 3.30. The number of hydrogen-bond acceptors (Lipinski definition) is 1. The van der Waals surface area contributed by atoms with Gasteiger partial charge in [0.2, 0.25) is 0 Å². The van der Waals surface area contributed by atoms with E-state index in [1.54, 1.807) is 0 Å². The minimum atomic E-state index is -0.345. The van der Waals surface area contributed by atoms with E-state index in [9.17, 15) is 5.11 Å². The quantitative estimate of drug-likeness (QED) is 0.813. The first-order valence-electron chi connectivity index (χ1n) is 7.03. The molecule has 1 N–H and O–H groups in total. The Hall–Kier alpha value is -1.06. The smallest absolute Gasteiger partial charge is 0.0812 e. The van der Waals surface area contributed by atoms with E-state index in [2.05, 4.69) is 71.7 Å². The lowest BCUT2D eigenvalue weighted by Gasteiger charge is -2.34. The first kappa shape index (κ1) is 13.9. The highest BCUT2D eigenvalue weighted by atomic mass is 79.9. The Labute approximate surface area is 128 Å². The van der Waals surface area contributed by atoms with Crippen LogP contribution in [0.2, 0.25) is 0 Å². The van der Waals surface area contributed by atoms with Crippen molar-refractivity contribution in [2.45, 2.75) is 39.7 Å². The summed E-state index contributed by atoms with van der Waals surface area (Å²) in [5.41, 5.74) is 4.88. The molecule has 0 radical (unpaired) electrons. The maximum Gasteiger partial charge on any atom is 0.0812 e. The minimum absolute atomic E-state index is 0.141. The summed E-state index contributed by atoms with van der Waals surface area (Å²) >= 11 is 3.60. The van der Waals surface area contributed by atoms with E-state index < -0.39 is 0 Å². The Morgan fingerprint density at radius 1 is 1.30 bits per heavy atom. The van der Waals surface area contributed by atoms with Crippen LogP contribution in [-0.4, -0.2) is 9.67 Å². The molecule has 0 aliphatic heterocycles. The van der Waals surface area contributed by atoms with Crippen molar-refractivity contribution in [3.8, 4) is 5.69 Å². The van der Waals surface area contributed by atoms with Gasteiger partial charge in [-0.3, -0.25) is 0 Å². The van der Waals surface area contributed by atoms with Crippen LogP contribution in [0.1, 0.15) is 43.2 Å². The molecule has 20 heavy (non-hydrogen) atoms. The van der Waals surface area contributed by atoms with Gasteiger partial charge in [0.15, 0.2) is 0 Å². The van der Waals surface area contributed by atoms with Crippen molar-refractivity contribution < 1.29 is 5.11 Å². The van der Waals surface area contributed by atoms with Crippen molar-refractivity contribution in [1.82, 2.24) is 4.57 Å². The van der Waals surface area contributed by atoms with Crippen LogP contribution in [0.4, 0.5) is 0 Å². The zero-order valence-corrected chi connectivity index (χ0v) is 13.7. The van der Waals surface area contributed by atoms with Crippen LogP contribution in [0.15, 0.2) is 34.9 Å². The summed E-state index contributed by atoms with van der Waals surface area (Å²) in [7, 11) is 0. The zero-order chi connectivity index (χ0) is 14.5. The molecule has 1 unspecified atom stereocenters. The van der Waals surface area contributed by atoms with Crippen LogP contribution in [0.25, 0.3) is 5.69 Å². The first-order chi connectivity index (χ1) is 9.39. The molecule has 1 aromatic carbocycles. The van der Waals surface area contributed by atoms with Gasteiger partial charge in [-0.25, -0.2) is 0 Å². The van der Waals surface area contributed by atoms with Crippen LogP contribution < -0.4 is 0 Å². The molecule has 0 saturated carbocycles. The van der Waals surface area contributed by atoms with Gasteiger partial charge < -0.3 is 9.67 Å². The third-order valence-electron chi connectivity index (χ3n) is 4.28. The van der Waals surface area contributed by atoms with Gasteiger partial charge in [0.25, 0.3) is 0 Å². The number of aliphatic hydroxyl groups excluding tert-OH is 1. The Morgan fingerprint density at radius 2 is 2.05 bits per heavy atom. The average Bonchev–Trinajstić information content (AvgIpc) is 2.75. The van der Waals surface area contributed by atoms with Crippen LogP contribution >= 0.6 is 15.9 Å². The Morgan fingerprint density at radius 3 is 2.80 bits per heavy atom. The second kappa shape index (κ2) is 4.74. The predicted molar refractivity (Wildman–Crippen MR) is 85.3 cm³/mol.